The first-order chi connectivity index (χ1) is 14.5. The van der Waals surface area contributed by atoms with Crippen LogP contribution in [0.4, 0.5) is 4.39 Å². The van der Waals surface area contributed by atoms with E-state index in [0.29, 0.717) is 42.8 Å². The number of aromatic nitrogens is 2. The van der Waals surface area contributed by atoms with Crippen molar-refractivity contribution in [3.63, 3.8) is 0 Å². The summed E-state index contributed by atoms with van der Waals surface area (Å²) in [5.74, 6) is -0.0326. The molecule has 1 aliphatic carbocycles. The minimum absolute atomic E-state index is 0.106. The van der Waals surface area contributed by atoms with Crippen LogP contribution in [-0.2, 0) is 22.6 Å². The Morgan fingerprint density at radius 3 is 2.73 bits per heavy atom. The first kappa shape index (κ1) is 19.0. The highest BCUT2D eigenvalue weighted by atomic mass is 35.5. The molecule has 7 nitrogen and oxygen atoms in total. The van der Waals surface area contributed by atoms with Crippen molar-refractivity contribution in [3.05, 3.63) is 57.9 Å². The number of amides is 2. The van der Waals surface area contributed by atoms with Crippen molar-refractivity contribution >= 4 is 23.4 Å². The molecule has 2 aliphatic heterocycles. The van der Waals surface area contributed by atoms with Crippen molar-refractivity contribution in [3.8, 4) is 11.6 Å². The van der Waals surface area contributed by atoms with Crippen LogP contribution in [0.2, 0.25) is 0 Å². The maximum Gasteiger partial charge on any atom is 0.276 e. The van der Waals surface area contributed by atoms with Crippen LogP contribution in [0, 0.1) is 5.82 Å². The van der Waals surface area contributed by atoms with Gasteiger partial charge in [0.2, 0.25) is 5.88 Å². The fraction of sp³-hybridized carbons (Fsp3) is 0.333. The SMILES string of the molecule is O=C1NC(=O)C(N2CCc3c(ncnc3Oc3ccc(F)cc3C3CCC3)C2)=C1Cl. The van der Waals surface area contributed by atoms with Gasteiger partial charge in [0, 0.05) is 17.7 Å². The average Bonchev–Trinajstić information content (AvgIpc) is 2.94. The largest absolute Gasteiger partial charge is 0.438 e. The monoisotopic (exact) mass is 428 g/mol. The van der Waals surface area contributed by atoms with Gasteiger partial charge in [0.15, 0.2) is 0 Å². The van der Waals surface area contributed by atoms with Crippen LogP contribution in [-0.4, -0.2) is 33.2 Å². The van der Waals surface area contributed by atoms with Gasteiger partial charge in [-0.1, -0.05) is 18.0 Å². The number of rotatable bonds is 4. The fourth-order valence-electron chi connectivity index (χ4n) is 4.06. The van der Waals surface area contributed by atoms with Crippen LogP contribution in [0.1, 0.15) is 42.0 Å². The maximum absolute atomic E-state index is 13.8. The Hall–Kier alpha value is -3.00. The summed E-state index contributed by atoms with van der Waals surface area (Å²) < 4.78 is 19.9. The topological polar surface area (TPSA) is 84.4 Å². The number of hydrogen-bond acceptors (Lipinski definition) is 6. The predicted molar refractivity (Wildman–Crippen MR) is 105 cm³/mol. The number of hydrogen-bond donors (Lipinski definition) is 1. The third-order valence-electron chi connectivity index (χ3n) is 5.86. The number of halogens is 2. The van der Waals surface area contributed by atoms with Gasteiger partial charge in [-0.05, 0) is 43.4 Å². The Morgan fingerprint density at radius 1 is 1.20 bits per heavy atom. The van der Waals surface area contributed by atoms with E-state index in [2.05, 4.69) is 15.3 Å². The second kappa shape index (κ2) is 7.36. The lowest BCUT2D eigenvalue weighted by Gasteiger charge is -2.31. The molecule has 1 aromatic carbocycles. The molecule has 2 amide bonds. The molecule has 0 atom stereocenters. The predicted octanol–water partition coefficient (Wildman–Crippen LogP) is 3.14. The smallest absolute Gasteiger partial charge is 0.276 e. The number of carbonyl (C=O) groups excluding carboxylic acids is 2. The summed E-state index contributed by atoms with van der Waals surface area (Å²) in [6.45, 7) is 0.765. The number of imide groups is 1. The van der Waals surface area contributed by atoms with E-state index >= 15 is 0 Å². The molecule has 1 aromatic heterocycles. The van der Waals surface area contributed by atoms with Gasteiger partial charge in [-0.2, -0.15) is 0 Å². The van der Waals surface area contributed by atoms with Gasteiger partial charge in [0.1, 0.15) is 28.6 Å². The van der Waals surface area contributed by atoms with E-state index in [-0.39, 0.29) is 16.5 Å². The number of ether oxygens (including phenoxy) is 1. The van der Waals surface area contributed by atoms with Crippen LogP contribution < -0.4 is 10.1 Å². The van der Waals surface area contributed by atoms with Gasteiger partial charge in [0.25, 0.3) is 11.8 Å². The quantitative estimate of drug-likeness (QED) is 0.753. The zero-order valence-electron chi connectivity index (χ0n) is 16.0. The summed E-state index contributed by atoms with van der Waals surface area (Å²) in [6, 6.07) is 4.57. The summed E-state index contributed by atoms with van der Waals surface area (Å²) in [6.07, 6.45) is 5.09. The van der Waals surface area contributed by atoms with Crippen LogP contribution in [0.25, 0.3) is 0 Å². The van der Waals surface area contributed by atoms with Crippen LogP contribution in [0.15, 0.2) is 35.3 Å². The maximum atomic E-state index is 13.8. The summed E-state index contributed by atoms with van der Waals surface area (Å²) in [4.78, 5) is 34.1. The lowest BCUT2D eigenvalue weighted by atomic mass is 9.79. The highest BCUT2D eigenvalue weighted by molar-refractivity contribution is 6.47. The summed E-state index contributed by atoms with van der Waals surface area (Å²) in [5.41, 5.74) is 2.56. The van der Waals surface area contributed by atoms with Gasteiger partial charge < -0.3 is 9.64 Å². The average molecular weight is 429 g/mol. The van der Waals surface area contributed by atoms with Gasteiger partial charge in [-0.15, -0.1) is 0 Å². The lowest BCUT2D eigenvalue weighted by molar-refractivity contribution is -0.124. The molecule has 3 aliphatic rings. The Balaban J connectivity index is 1.43. The van der Waals surface area contributed by atoms with Crippen molar-refractivity contribution in [2.45, 2.75) is 38.1 Å². The molecule has 3 heterocycles. The summed E-state index contributed by atoms with van der Waals surface area (Å²) >= 11 is 6.02. The molecule has 0 bridgehead atoms. The standard InChI is InChI=1S/C21H18ClFN4O3/c22-17-18(20(29)26-19(17)28)27-7-6-13-15(9-27)24-10-25-21(13)30-16-5-4-12(23)8-14(16)11-2-1-3-11/h4-5,8,10-11H,1-3,6-7,9H2,(H,26,28,29). The summed E-state index contributed by atoms with van der Waals surface area (Å²) in [7, 11) is 0. The van der Waals surface area contributed by atoms with Crippen LogP contribution in [0.5, 0.6) is 11.6 Å². The van der Waals surface area contributed by atoms with Gasteiger partial charge in [0.05, 0.1) is 12.2 Å². The Kier molecular flexibility index (Phi) is 4.66. The fourth-order valence-corrected chi connectivity index (χ4v) is 4.32. The van der Waals surface area contributed by atoms with Crippen molar-refractivity contribution < 1.29 is 18.7 Å². The molecule has 2 aromatic rings. The minimum Gasteiger partial charge on any atom is -0.438 e. The minimum atomic E-state index is -0.589. The van der Waals surface area contributed by atoms with Gasteiger partial charge in [-0.3, -0.25) is 14.9 Å². The highest BCUT2D eigenvalue weighted by Gasteiger charge is 2.35. The number of carbonyl (C=O) groups is 2. The second-order valence-corrected chi connectivity index (χ2v) is 8.01. The zero-order valence-corrected chi connectivity index (χ0v) is 16.7. The molecule has 30 heavy (non-hydrogen) atoms. The first-order valence-electron chi connectivity index (χ1n) is 9.81. The van der Waals surface area contributed by atoms with E-state index in [4.69, 9.17) is 16.3 Å². The normalized spacial score (nSPS) is 18.9. The van der Waals surface area contributed by atoms with E-state index in [1.807, 2.05) is 0 Å². The zero-order chi connectivity index (χ0) is 20.8. The van der Waals surface area contributed by atoms with Crippen molar-refractivity contribution in [1.29, 1.82) is 0 Å². The molecule has 0 spiro atoms. The summed E-state index contributed by atoms with van der Waals surface area (Å²) in [5, 5.41) is 2.09. The van der Waals surface area contributed by atoms with E-state index < -0.39 is 11.8 Å². The third kappa shape index (κ3) is 3.21. The molecule has 5 rings (SSSR count). The van der Waals surface area contributed by atoms with Gasteiger partial charge in [-0.25, -0.2) is 14.4 Å². The van der Waals surface area contributed by atoms with Gasteiger partial charge >= 0.3 is 0 Å². The van der Waals surface area contributed by atoms with Crippen molar-refractivity contribution in [1.82, 2.24) is 20.2 Å². The van der Waals surface area contributed by atoms with E-state index in [9.17, 15) is 14.0 Å². The lowest BCUT2D eigenvalue weighted by Crippen LogP contribution is -2.35. The molecule has 154 valence electrons. The highest BCUT2D eigenvalue weighted by Crippen LogP contribution is 2.42. The molecular formula is C21H18ClFN4O3. The first-order valence-corrected chi connectivity index (χ1v) is 10.2. The Labute approximate surface area is 176 Å². The molecule has 9 heteroatoms. The number of nitrogens with one attached hydrogen (secondary N) is 1. The number of benzene rings is 1. The van der Waals surface area contributed by atoms with Crippen molar-refractivity contribution in [2.24, 2.45) is 0 Å². The van der Waals surface area contributed by atoms with E-state index in [1.54, 1.807) is 17.0 Å². The molecule has 1 fully saturated rings. The van der Waals surface area contributed by atoms with Crippen LogP contribution >= 0.6 is 11.6 Å². The molecule has 1 N–H and O–H groups in total. The number of fused-ring (bicyclic) bond motifs is 1. The van der Waals surface area contributed by atoms with E-state index in [1.165, 1.54) is 12.4 Å². The van der Waals surface area contributed by atoms with Crippen LogP contribution in [0.3, 0.4) is 0 Å². The molecular weight excluding hydrogens is 411 g/mol. The van der Waals surface area contributed by atoms with E-state index in [0.717, 1.165) is 30.4 Å². The Morgan fingerprint density at radius 2 is 2.03 bits per heavy atom. The molecule has 0 radical (unpaired) electrons. The number of nitrogens with zero attached hydrogens (tertiary/aromatic N) is 3. The van der Waals surface area contributed by atoms with Crippen molar-refractivity contribution in [2.75, 3.05) is 6.54 Å². The molecule has 1 saturated carbocycles. The molecule has 0 saturated heterocycles. The third-order valence-corrected chi connectivity index (χ3v) is 6.21. The molecule has 0 unspecified atom stereocenters. The second-order valence-electron chi connectivity index (χ2n) is 7.63. The Bertz CT molecular complexity index is 1100.